The molecule has 39 heavy (non-hydrogen) atoms. The van der Waals surface area contributed by atoms with Gasteiger partial charge in [-0.2, -0.15) is 0 Å². The quantitative estimate of drug-likeness (QED) is 0.478. The number of hydrogen-bond acceptors (Lipinski definition) is 8. The molecule has 2 aromatic heterocycles. The molecule has 2 amide bonds. The summed E-state index contributed by atoms with van der Waals surface area (Å²) in [7, 11) is 1.57. The van der Waals surface area contributed by atoms with E-state index in [9.17, 15) is 14.4 Å². The number of H-pyrrole nitrogens is 1. The highest BCUT2D eigenvalue weighted by atomic mass is 35.5. The van der Waals surface area contributed by atoms with Crippen LogP contribution in [0.15, 0.2) is 12.1 Å². The van der Waals surface area contributed by atoms with E-state index in [1.807, 2.05) is 4.90 Å². The Labute approximate surface area is 237 Å². The standard InChI is InChI=1S/C26H33Cl2N5O6/c1-14(2)39-26(36)19-12-16(11-18(30-19)25(35)32-7-9-38-10-8-32)33-6-5-17(20(13-33)37-4)31-24(34)23-22(28)21(27)15(3)29-23/h11-12,14,17,20,29H,5-10,13H2,1-4H3,(H,31,34)/t17-,20+/m1/s1. The highest BCUT2D eigenvalue weighted by Gasteiger charge is 2.33. The molecule has 0 unspecified atom stereocenters. The Kier molecular flexibility index (Phi) is 9.37. The van der Waals surface area contributed by atoms with Gasteiger partial charge in [0.25, 0.3) is 11.8 Å². The van der Waals surface area contributed by atoms with E-state index in [0.29, 0.717) is 62.2 Å². The van der Waals surface area contributed by atoms with Crippen molar-refractivity contribution in [3.05, 3.63) is 45.0 Å². The van der Waals surface area contributed by atoms with Crippen molar-refractivity contribution in [2.24, 2.45) is 0 Å². The van der Waals surface area contributed by atoms with Gasteiger partial charge in [0.15, 0.2) is 5.69 Å². The number of carbonyl (C=O) groups excluding carboxylic acids is 3. The smallest absolute Gasteiger partial charge is 0.357 e. The molecule has 2 aromatic rings. The number of morpholine rings is 1. The second-order valence-corrected chi connectivity index (χ2v) is 10.6. The van der Waals surface area contributed by atoms with E-state index in [1.165, 1.54) is 0 Å². The van der Waals surface area contributed by atoms with Crippen LogP contribution in [0, 0.1) is 6.92 Å². The van der Waals surface area contributed by atoms with Crippen LogP contribution >= 0.6 is 23.2 Å². The number of carbonyl (C=O) groups is 3. The summed E-state index contributed by atoms with van der Waals surface area (Å²) in [6, 6.07) is 2.99. The molecule has 11 nitrogen and oxygen atoms in total. The number of halogens is 2. The van der Waals surface area contributed by atoms with Gasteiger partial charge in [-0.05, 0) is 39.3 Å². The first kappa shape index (κ1) is 29.1. The van der Waals surface area contributed by atoms with Crippen molar-refractivity contribution >= 4 is 46.7 Å². The fraction of sp³-hybridized carbons (Fsp3) is 0.538. The lowest BCUT2D eigenvalue weighted by Gasteiger charge is -2.39. The number of nitrogens with one attached hydrogen (secondary N) is 2. The van der Waals surface area contributed by atoms with E-state index in [0.717, 1.165) is 0 Å². The van der Waals surface area contributed by atoms with Crippen molar-refractivity contribution in [1.29, 1.82) is 0 Å². The fourth-order valence-corrected chi connectivity index (χ4v) is 5.06. The first-order valence-electron chi connectivity index (χ1n) is 12.8. The van der Waals surface area contributed by atoms with Crippen molar-refractivity contribution in [2.45, 2.75) is 45.4 Å². The molecule has 2 aliphatic heterocycles. The number of methoxy groups -OCH3 is 1. The zero-order valence-corrected chi connectivity index (χ0v) is 23.9. The first-order chi connectivity index (χ1) is 18.6. The topological polar surface area (TPSA) is 126 Å². The molecule has 13 heteroatoms. The monoisotopic (exact) mass is 581 g/mol. The Morgan fingerprint density at radius 1 is 1.13 bits per heavy atom. The van der Waals surface area contributed by atoms with Crippen molar-refractivity contribution in [2.75, 3.05) is 51.4 Å². The lowest BCUT2D eigenvalue weighted by molar-refractivity contribution is 0.0297. The SMILES string of the molecule is CO[C@H]1CN(c2cc(C(=O)OC(C)C)nc(C(=O)N3CCOCC3)c2)CC[C@H]1NC(=O)c1[nH]c(C)c(Cl)c1Cl. The lowest BCUT2D eigenvalue weighted by atomic mass is 10.0. The van der Waals surface area contributed by atoms with E-state index < -0.39 is 5.97 Å². The Hall–Kier alpha value is -2.86. The Bertz CT molecular complexity index is 1230. The Morgan fingerprint density at radius 3 is 2.44 bits per heavy atom. The van der Waals surface area contributed by atoms with Crippen molar-refractivity contribution in [3.63, 3.8) is 0 Å². The number of amides is 2. The molecule has 2 atom stereocenters. The van der Waals surface area contributed by atoms with Gasteiger partial charge in [-0.15, -0.1) is 0 Å². The number of anilines is 1. The highest BCUT2D eigenvalue weighted by molar-refractivity contribution is 6.44. The zero-order chi connectivity index (χ0) is 28.3. The average molecular weight is 582 g/mol. The summed E-state index contributed by atoms with van der Waals surface area (Å²) in [6.45, 7) is 7.94. The summed E-state index contributed by atoms with van der Waals surface area (Å²) in [5.74, 6) is -1.26. The molecule has 0 aliphatic carbocycles. The number of aromatic amines is 1. The third-order valence-corrected chi connectivity index (χ3v) is 7.65. The Balaban J connectivity index is 1.55. The van der Waals surface area contributed by atoms with Crippen molar-refractivity contribution < 1.29 is 28.6 Å². The number of esters is 1. The number of rotatable bonds is 7. The van der Waals surface area contributed by atoms with Crippen LogP contribution in [0.2, 0.25) is 10.0 Å². The third-order valence-electron chi connectivity index (χ3n) is 6.70. The van der Waals surface area contributed by atoms with E-state index in [2.05, 4.69) is 15.3 Å². The molecule has 0 aromatic carbocycles. The van der Waals surface area contributed by atoms with E-state index >= 15 is 0 Å². The molecule has 2 saturated heterocycles. The maximum absolute atomic E-state index is 13.3. The molecule has 212 valence electrons. The maximum Gasteiger partial charge on any atom is 0.357 e. The average Bonchev–Trinajstić information content (AvgIpc) is 3.19. The third kappa shape index (κ3) is 6.66. The first-order valence-corrected chi connectivity index (χ1v) is 13.6. The van der Waals surface area contributed by atoms with Crippen LogP contribution in [0.1, 0.15) is 57.4 Å². The summed E-state index contributed by atoms with van der Waals surface area (Å²) in [5.41, 5.74) is 1.65. The number of ether oxygens (including phenoxy) is 3. The van der Waals surface area contributed by atoms with E-state index in [-0.39, 0.29) is 52.2 Å². The zero-order valence-electron chi connectivity index (χ0n) is 22.4. The van der Waals surface area contributed by atoms with Crippen LogP contribution in [0.5, 0.6) is 0 Å². The fourth-order valence-electron chi connectivity index (χ4n) is 4.64. The molecule has 0 saturated carbocycles. The molecule has 0 bridgehead atoms. The Morgan fingerprint density at radius 2 is 1.82 bits per heavy atom. The normalized spacial score (nSPS) is 19.8. The second-order valence-electron chi connectivity index (χ2n) is 9.80. The summed E-state index contributed by atoms with van der Waals surface area (Å²) in [4.78, 5) is 49.9. The van der Waals surface area contributed by atoms with Gasteiger partial charge >= 0.3 is 5.97 Å². The van der Waals surface area contributed by atoms with Gasteiger partial charge in [0.2, 0.25) is 0 Å². The summed E-state index contributed by atoms with van der Waals surface area (Å²) in [6.07, 6.45) is -0.188. The second kappa shape index (κ2) is 12.5. The summed E-state index contributed by atoms with van der Waals surface area (Å²) >= 11 is 12.4. The minimum absolute atomic E-state index is 0.0517. The number of aryl methyl sites for hydroxylation is 1. The van der Waals surface area contributed by atoms with Gasteiger partial charge in [0, 0.05) is 44.7 Å². The van der Waals surface area contributed by atoms with Crippen LogP contribution in [-0.4, -0.2) is 97.4 Å². The number of aromatic nitrogens is 2. The number of piperidine rings is 1. The largest absolute Gasteiger partial charge is 0.458 e. The number of hydrogen-bond donors (Lipinski definition) is 2. The van der Waals surface area contributed by atoms with Crippen LogP contribution in [0.25, 0.3) is 0 Å². The molecule has 0 radical (unpaired) electrons. The van der Waals surface area contributed by atoms with Gasteiger partial charge in [-0.1, -0.05) is 23.2 Å². The van der Waals surface area contributed by atoms with E-state index in [4.69, 9.17) is 37.4 Å². The number of nitrogens with zero attached hydrogens (tertiary/aromatic N) is 3. The van der Waals surface area contributed by atoms with Gasteiger partial charge in [0.05, 0.1) is 41.5 Å². The van der Waals surface area contributed by atoms with Gasteiger partial charge in [-0.3, -0.25) is 9.59 Å². The molecular formula is C26H33Cl2N5O6. The molecule has 4 rings (SSSR count). The minimum atomic E-state index is -0.606. The highest BCUT2D eigenvalue weighted by Crippen LogP contribution is 2.30. The van der Waals surface area contributed by atoms with Gasteiger partial charge in [0.1, 0.15) is 11.4 Å². The van der Waals surface area contributed by atoms with Crippen LogP contribution < -0.4 is 10.2 Å². The van der Waals surface area contributed by atoms with Gasteiger partial charge < -0.3 is 34.3 Å². The van der Waals surface area contributed by atoms with E-state index in [1.54, 1.807) is 44.9 Å². The molecule has 2 N–H and O–H groups in total. The van der Waals surface area contributed by atoms with Crippen molar-refractivity contribution in [1.82, 2.24) is 20.2 Å². The lowest BCUT2D eigenvalue weighted by Crippen LogP contribution is -2.55. The molecule has 2 aliphatic rings. The predicted octanol–water partition coefficient (Wildman–Crippen LogP) is 3.09. The van der Waals surface area contributed by atoms with Crippen LogP contribution in [0.3, 0.4) is 0 Å². The maximum atomic E-state index is 13.3. The number of pyridine rings is 1. The molecular weight excluding hydrogens is 549 g/mol. The molecule has 0 spiro atoms. The van der Waals surface area contributed by atoms with Crippen LogP contribution in [0.4, 0.5) is 5.69 Å². The van der Waals surface area contributed by atoms with Crippen molar-refractivity contribution in [3.8, 4) is 0 Å². The van der Waals surface area contributed by atoms with Crippen LogP contribution in [-0.2, 0) is 14.2 Å². The summed E-state index contributed by atoms with van der Waals surface area (Å²) < 4.78 is 16.5. The minimum Gasteiger partial charge on any atom is -0.458 e. The van der Waals surface area contributed by atoms with Gasteiger partial charge in [-0.25, -0.2) is 9.78 Å². The predicted molar refractivity (Wildman–Crippen MR) is 146 cm³/mol. The summed E-state index contributed by atoms with van der Waals surface area (Å²) in [5, 5.41) is 3.48. The molecule has 2 fully saturated rings. The molecule has 4 heterocycles.